The number of hydrogen-bond acceptors (Lipinski definition) is 5. The molecule has 1 amide bonds. The number of carbonyl (C=O) groups is 1. The van der Waals surface area contributed by atoms with Gasteiger partial charge in [0.2, 0.25) is 0 Å². The average Bonchev–Trinajstić information content (AvgIpc) is 2.26. The Kier molecular flexibility index (Phi) is 3.98. The summed E-state index contributed by atoms with van der Waals surface area (Å²) in [6, 6.07) is 5.56. The van der Waals surface area contributed by atoms with Gasteiger partial charge in [0.1, 0.15) is 6.61 Å². The number of nitrogens with two attached hydrogens (primary N) is 1. The summed E-state index contributed by atoms with van der Waals surface area (Å²) in [5.74, 6) is -0.515. The lowest BCUT2D eigenvalue weighted by molar-refractivity contribution is -0.384. The highest BCUT2D eigenvalue weighted by Crippen LogP contribution is 2.12. The minimum absolute atomic E-state index is 0.0399. The summed E-state index contributed by atoms with van der Waals surface area (Å²) < 4.78 is 4.70. The molecular formula is C9H10N4O4. The molecule has 0 aromatic heterocycles. The molecule has 17 heavy (non-hydrogen) atoms. The summed E-state index contributed by atoms with van der Waals surface area (Å²) in [6.45, 7) is -0.0584. The van der Waals surface area contributed by atoms with Gasteiger partial charge in [0.05, 0.1) is 4.92 Å². The van der Waals surface area contributed by atoms with Gasteiger partial charge in [-0.2, -0.15) is 0 Å². The van der Waals surface area contributed by atoms with Crippen molar-refractivity contribution < 1.29 is 14.5 Å². The SMILES string of the molecule is N=C(N)NC(=O)OCc1ccc([N+](=O)[O-])cc1. The molecular weight excluding hydrogens is 228 g/mol. The van der Waals surface area contributed by atoms with Crippen LogP contribution in [0.3, 0.4) is 0 Å². The van der Waals surface area contributed by atoms with E-state index in [-0.39, 0.29) is 12.3 Å². The van der Waals surface area contributed by atoms with Crippen LogP contribution in [0, 0.1) is 15.5 Å². The molecule has 8 heteroatoms. The monoisotopic (exact) mass is 238 g/mol. The summed E-state index contributed by atoms with van der Waals surface area (Å²) in [5, 5.41) is 19.1. The van der Waals surface area contributed by atoms with Crippen LogP contribution in [0.1, 0.15) is 5.56 Å². The van der Waals surface area contributed by atoms with E-state index in [1.807, 2.05) is 5.32 Å². The normalized spacial score (nSPS) is 9.41. The van der Waals surface area contributed by atoms with Crippen LogP contribution >= 0.6 is 0 Å². The van der Waals surface area contributed by atoms with Crippen LogP contribution in [-0.4, -0.2) is 17.0 Å². The third-order valence-electron chi connectivity index (χ3n) is 1.75. The summed E-state index contributed by atoms with van der Waals surface area (Å²) in [5.41, 5.74) is 5.46. The fraction of sp³-hybridized carbons (Fsp3) is 0.111. The minimum atomic E-state index is -0.851. The number of benzene rings is 1. The first-order valence-electron chi connectivity index (χ1n) is 4.50. The van der Waals surface area contributed by atoms with Crippen molar-refractivity contribution in [1.29, 1.82) is 5.41 Å². The molecule has 4 N–H and O–H groups in total. The predicted octanol–water partition coefficient (Wildman–Crippen LogP) is 0.714. The number of nitrogens with zero attached hydrogens (tertiary/aromatic N) is 1. The molecule has 0 heterocycles. The van der Waals surface area contributed by atoms with Gasteiger partial charge >= 0.3 is 6.09 Å². The van der Waals surface area contributed by atoms with Crippen LogP contribution in [0.25, 0.3) is 0 Å². The van der Waals surface area contributed by atoms with E-state index in [1.54, 1.807) is 0 Å². The molecule has 0 saturated carbocycles. The second-order valence-electron chi connectivity index (χ2n) is 3.04. The lowest BCUT2D eigenvalue weighted by atomic mass is 10.2. The Morgan fingerprint density at radius 2 is 2.06 bits per heavy atom. The third-order valence-corrected chi connectivity index (χ3v) is 1.75. The Morgan fingerprint density at radius 1 is 1.47 bits per heavy atom. The Labute approximate surface area is 96.0 Å². The fourth-order valence-corrected chi connectivity index (χ4v) is 1.01. The quantitative estimate of drug-likeness (QED) is 0.309. The van der Waals surface area contributed by atoms with Gasteiger partial charge in [0.15, 0.2) is 5.96 Å². The highest BCUT2D eigenvalue weighted by molar-refractivity contribution is 5.90. The van der Waals surface area contributed by atoms with Crippen molar-refractivity contribution in [2.24, 2.45) is 5.73 Å². The van der Waals surface area contributed by atoms with Crippen LogP contribution in [0.15, 0.2) is 24.3 Å². The molecule has 0 fully saturated rings. The van der Waals surface area contributed by atoms with Gasteiger partial charge in [0.25, 0.3) is 5.69 Å². The first-order valence-corrected chi connectivity index (χ1v) is 4.50. The van der Waals surface area contributed by atoms with Crippen molar-refractivity contribution in [3.63, 3.8) is 0 Å². The van der Waals surface area contributed by atoms with Crippen LogP contribution in [0.5, 0.6) is 0 Å². The number of guanidine groups is 1. The zero-order chi connectivity index (χ0) is 12.8. The standard InChI is InChI=1S/C9H10N4O4/c10-8(11)12-9(14)17-5-6-1-3-7(4-2-6)13(15)16/h1-4H,5H2,(H4,10,11,12,14). The largest absolute Gasteiger partial charge is 0.444 e. The lowest BCUT2D eigenvalue weighted by Gasteiger charge is -2.05. The number of carbonyl (C=O) groups excluding carboxylic acids is 1. The number of amides is 1. The molecule has 0 radical (unpaired) electrons. The first kappa shape index (κ1) is 12.4. The van der Waals surface area contributed by atoms with E-state index in [9.17, 15) is 14.9 Å². The Balaban J connectivity index is 2.50. The number of alkyl carbamates (subject to hydrolysis) is 1. The molecule has 0 atom stereocenters. The van der Waals surface area contributed by atoms with Gasteiger partial charge in [0, 0.05) is 12.1 Å². The minimum Gasteiger partial charge on any atom is -0.444 e. The molecule has 8 nitrogen and oxygen atoms in total. The molecule has 0 spiro atoms. The Hall–Kier alpha value is -2.64. The van der Waals surface area contributed by atoms with Gasteiger partial charge in [-0.3, -0.25) is 20.8 Å². The fourth-order valence-electron chi connectivity index (χ4n) is 1.01. The van der Waals surface area contributed by atoms with Crippen molar-refractivity contribution >= 4 is 17.7 Å². The van der Waals surface area contributed by atoms with Crippen molar-refractivity contribution in [1.82, 2.24) is 5.32 Å². The van der Waals surface area contributed by atoms with Crippen molar-refractivity contribution in [3.8, 4) is 0 Å². The van der Waals surface area contributed by atoms with E-state index in [4.69, 9.17) is 15.9 Å². The number of nitrogens with one attached hydrogen (secondary N) is 2. The first-order chi connectivity index (χ1) is 7.99. The predicted molar refractivity (Wildman–Crippen MR) is 58.3 cm³/mol. The zero-order valence-electron chi connectivity index (χ0n) is 8.67. The van der Waals surface area contributed by atoms with Crippen molar-refractivity contribution in [3.05, 3.63) is 39.9 Å². The third kappa shape index (κ3) is 4.16. The number of nitro benzene ring substituents is 1. The maximum atomic E-state index is 10.9. The van der Waals surface area contributed by atoms with E-state index in [1.165, 1.54) is 24.3 Å². The number of ether oxygens (including phenoxy) is 1. The number of rotatable bonds is 3. The zero-order valence-corrected chi connectivity index (χ0v) is 8.67. The molecule has 0 unspecified atom stereocenters. The molecule has 1 aromatic carbocycles. The number of hydrogen-bond donors (Lipinski definition) is 3. The van der Waals surface area contributed by atoms with Crippen LogP contribution in [0.4, 0.5) is 10.5 Å². The molecule has 0 aliphatic carbocycles. The van der Waals surface area contributed by atoms with Crippen molar-refractivity contribution in [2.75, 3.05) is 0 Å². The van der Waals surface area contributed by atoms with Gasteiger partial charge in [-0.25, -0.2) is 4.79 Å². The molecule has 0 saturated heterocycles. The van der Waals surface area contributed by atoms with E-state index < -0.39 is 17.0 Å². The lowest BCUT2D eigenvalue weighted by Crippen LogP contribution is -2.35. The Morgan fingerprint density at radius 3 is 2.53 bits per heavy atom. The van der Waals surface area contributed by atoms with E-state index >= 15 is 0 Å². The topological polar surface area (TPSA) is 131 Å². The van der Waals surface area contributed by atoms with Gasteiger partial charge in [-0.05, 0) is 17.7 Å². The number of non-ortho nitro benzene ring substituents is 1. The molecule has 1 aromatic rings. The van der Waals surface area contributed by atoms with Crippen LogP contribution in [-0.2, 0) is 11.3 Å². The highest BCUT2D eigenvalue weighted by Gasteiger charge is 2.06. The smallest absolute Gasteiger partial charge is 0.414 e. The molecule has 0 aliphatic heterocycles. The molecule has 90 valence electrons. The van der Waals surface area contributed by atoms with Gasteiger partial charge < -0.3 is 10.5 Å². The Bertz CT molecular complexity index is 443. The summed E-state index contributed by atoms with van der Waals surface area (Å²) >= 11 is 0. The van der Waals surface area contributed by atoms with Gasteiger partial charge in [-0.15, -0.1) is 0 Å². The molecule has 0 aliphatic rings. The van der Waals surface area contributed by atoms with E-state index in [0.29, 0.717) is 5.56 Å². The second-order valence-corrected chi connectivity index (χ2v) is 3.04. The van der Waals surface area contributed by atoms with Crippen LogP contribution < -0.4 is 11.1 Å². The average molecular weight is 238 g/mol. The van der Waals surface area contributed by atoms with E-state index in [2.05, 4.69) is 0 Å². The number of nitro groups is 1. The molecule has 1 rings (SSSR count). The summed E-state index contributed by atoms with van der Waals surface area (Å²) in [6.07, 6.45) is -0.851. The summed E-state index contributed by atoms with van der Waals surface area (Å²) in [4.78, 5) is 20.8. The van der Waals surface area contributed by atoms with Gasteiger partial charge in [-0.1, -0.05) is 0 Å². The van der Waals surface area contributed by atoms with Crippen molar-refractivity contribution in [2.45, 2.75) is 6.61 Å². The second kappa shape index (κ2) is 5.45. The maximum Gasteiger partial charge on any atom is 0.414 e. The molecule has 0 bridgehead atoms. The summed E-state index contributed by atoms with van der Waals surface area (Å²) in [7, 11) is 0. The maximum absolute atomic E-state index is 10.9. The van der Waals surface area contributed by atoms with Crippen LogP contribution in [0.2, 0.25) is 0 Å². The highest BCUT2D eigenvalue weighted by atomic mass is 16.6. The van der Waals surface area contributed by atoms with E-state index in [0.717, 1.165) is 0 Å².